The number of hydrogen-bond donors (Lipinski definition) is 2. The van der Waals surface area contributed by atoms with Gasteiger partial charge in [-0.2, -0.15) is 0 Å². The molecule has 0 unspecified atom stereocenters. The molecule has 2 N–H and O–H groups in total. The van der Waals surface area contributed by atoms with Crippen LogP contribution in [0.2, 0.25) is 0 Å². The van der Waals surface area contributed by atoms with Gasteiger partial charge < -0.3 is 5.32 Å². The molecule has 1 aliphatic rings. The number of nitrogens with one attached hydrogen (secondary N) is 2. The molecule has 0 aliphatic carbocycles. The van der Waals surface area contributed by atoms with E-state index in [4.69, 9.17) is 0 Å². The Morgan fingerprint density at radius 3 is 2.90 bits per heavy atom. The van der Waals surface area contributed by atoms with Crippen LogP contribution in [0.3, 0.4) is 0 Å². The Kier molecular flexibility index (Phi) is 4.03. The van der Waals surface area contributed by atoms with Crippen LogP contribution in [0.25, 0.3) is 0 Å². The zero-order valence-electron chi connectivity index (χ0n) is 11.0. The van der Waals surface area contributed by atoms with Crippen LogP contribution in [0.15, 0.2) is 30.6 Å². The van der Waals surface area contributed by atoms with E-state index in [9.17, 15) is 4.79 Å². The lowest BCUT2D eigenvalue weighted by molar-refractivity contribution is 0.102. The average molecular weight is 288 g/mol. The molecule has 0 saturated carbocycles. The van der Waals surface area contributed by atoms with E-state index in [1.54, 1.807) is 35.7 Å². The summed E-state index contributed by atoms with van der Waals surface area (Å²) in [6.45, 7) is 2.11. The standard InChI is InChI=1S/C14H16N4OS/c19-13(11-3-1-2-6-16-11)18-14-17-9-12(20-14)10-4-7-15-8-5-10/h1-3,6,9-10,15H,4-5,7-8H2,(H,17,18,19). The first-order valence-electron chi connectivity index (χ1n) is 6.72. The quantitative estimate of drug-likeness (QED) is 0.909. The summed E-state index contributed by atoms with van der Waals surface area (Å²) in [7, 11) is 0. The minimum absolute atomic E-state index is 0.211. The molecule has 0 aromatic carbocycles. The predicted octanol–water partition coefficient (Wildman–Crippen LogP) is 2.26. The number of anilines is 1. The van der Waals surface area contributed by atoms with Gasteiger partial charge >= 0.3 is 0 Å². The first-order valence-corrected chi connectivity index (χ1v) is 7.53. The van der Waals surface area contributed by atoms with Crippen LogP contribution in [-0.4, -0.2) is 29.0 Å². The second kappa shape index (κ2) is 6.11. The Labute approximate surface area is 121 Å². The highest BCUT2D eigenvalue weighted by atomic mass is 32.1. The van der Waals surface area contributed by atoms with Crippen molar-refractivity contribution in [3.63, 3.8) is 0 Å². The monoisotopic (exact) mass is 288 g/mol. The van der Waals surface area contributed by atoms with Crippen molar-refractivity contribution in [2.24, 2.45) is 0 Å². The molecule has 2 aromatic heterocycles. The first-order chi connectivity index (χ1) is 9.83. The molecule has 0 bridgehead atoms. The van der Waals surface area contributed by atoms with Gasteiger partial charge in [0.1, 0.15) is 5.69 Å². The van der Waals surface area contributed by atoms with Gasteiger partial charge in [0.15, 0.2) is 5.13 Å². The van der Waals surface area contributed by atoms with Gasteiger partial charge in [0.25, 0.3) is 5.91 Å². The van der Waals surface area contributed by atoms with Crippen LogP contribution in [-0.2, 0) is 0 Å². The minimum Gasteiger partial charge on any atom is -0.317 e. The molecule has 0 atom stereocenters. The Hall–Kier alpha value is -1.79. The van der Waals surface area contributed by atoms with E-state index in [1.807, 2.05) is 6.20 Å². The molecule has 3 rings (SSSR count). The Morgan fingerprint density at radius 2 is 2.15 bits per heavy atom. The fraction of sp³-hybridized carbons (Fsp3) is 0.357. The highest BCUT2D eigenvalue weighted by molar-refractivity contribution is 7.15. The van der Waals surface area contributed by atoms with Crippen LogP contribution in [0.5, 0.6) is 0 Å². The van der Waals surface area contributed by atoms with E-state index in [0.717, 1.165) is 25.9 Å². The Bertz CT molecular complexity index is 578. The second-order valence-electron chi connectivity index (χ2n) is 4.76. The lowest BCUT2D eigenvalue weighted by Crippen LogP contribution is -2.26. The molecular formula is C14H16N4OS. The minimum atomic E-state index is -0.211. The van der Waals surface area contributed by atoms with Gasteiger partial charge in [0.2, 0.25) is 0 Å². The zero-order chi connectivity index (χ0) is 13.8. The summed E-state index contributed by atoms with van der Waals surface area (Å²) in [5, 5.41) is 6.81. The smallest absolute Gasteiger partial charge is 0.276 e. The number of amides is 1. The van der Waals surface area contributed by atoms with Crippen molar-refractivity contribution < 1.29 is 4.79 Å². The lowest BCUT2D eigenvalue weighted by Gasteiger charge is -2.20. The van der Waals surface area contributed by atoms with Gasteiger partial charge in [-0.05, 0) is 44.0 Å². The number of carbonyl (C=O) groups is 1. The normalized spacial score (nSPS) is 16.0. The molecule has 1 fully saturated rings. The van der Waals surface area contributed by atoms with E-state index >= 15 is 0 Å². The summed E-state index contributed by atoms with van der Waals surface area (Å²) in [5.41, 5.74) is 0.408. The third kappa shape index (κ3) is 3.02. The molecule has 5 nitrogen and oxygen atoms in total. The summed E-state index contributed by atoms with van der Waals surface area (Å²) in [6, 6.07) is 5.27. The van der Waals surface area contributed by atoms with E-state index in [0.29, 0.717) is 16.7 Å². The van der Waals surface area contributed by atoms with Crippen molar-refractivity contribution in [2.45, 2.75) is 18.8 Å². The highest BCUT2D eigenvalue weighted by Gasteiger charge is 2.18. The van der Waals surface area contributed by atoms with Crippen LogP contribution in [0, 0.1) is 0 Å². The Balaban J connectivity index is 1.66. The molecule has 2 aromatic rings. The third-order valence-electron chi connectivity index (χ3n) is 3.38. The van der Waals surface area contributed by atoms with Gasteiger partial charge in [0, 0.05) is 17.3 Å². The van der Waals surface area contributed by atoms with Crippen molar-refractivity contribution >= 4 is 22.4 Å². The first kappa shape index (κ1) is 13.2. The second-order valence-corrected chi connectivity index (χ2v) is 5.82. The van der Waals surface area contributed by atoms with Crippen LogP contribution in [0.1, 0.15) is 34.1 Å². The van der Waals surface area contributed by atoms with Crippen molar-refractivity contribution in [1.29, 1.82) is 0 Å². The van der Waals surface area contributed by atoms with Crippen molar-refractivity contribution in [3.8, 4) is 0 Å². The zero-order valence-corrected chi connectivity index (χ0v) is 11.8. The number of pyridine rings is 1. The van der Waals surface area contributed by atoms with Gasteiger partial charge in [-0.1, -0.05) is 6.07 Å². The number of carbonyl (C=O) groups excluding carboxylic acids is 1. The van der Waals surface area contributed by atoms with Gasteiger partial charge in [-0.3, -0.25) is 15.1 Å². The van der Waals surface area contributed by atoms with Crippen molar-refractivity contribution in [2.75, 3.05) is 18.4 Å². The predicted molar refractivity (Wildman–Crippen MR) is 79.1 cm³/mol. The molecule has 0 spiro atoms. The Morgan fingerprint density at radius 1 is 1.30 bits per heavy atom. The molecule has 1 aliphatic heterocycles. The molecular weight excluding hydrogens is 272 g/mol. The number of hydrogen-bond acceptors (Lipinski definition) is 5. The highest BCUT2D eigenvalue weighted by Crippen LogP contribution is 2.31. The summed E-state index contributed by atoms with van der Waals surface area (Å²) in [4.78, 5) is 21.6. The SMILES string of the molecule is O=C(Nc1ncc(C2CCNCC2)s1)c1ccccn1. The average Bonchev–Trinajstić information content (AvgIpc) is 2.97. The summed E-state index contributed by atoms with van der Waals surface area (Å²) in [5.74, 6) is 0.353. The van der Waals surface area contributed by atoms with Crippen molar-refractivity contribution in [1.82, 2.24) is 15.3 Å². The number of aromatic nitrogens is 2. The van der Waals surface area contributed by atoms with Crippen LogP contribution >= 0.6 is 11.3 Å². The van der Waals surface area contributed by atoms with Crippen molar-refractivity contribution in [3.05, 3.63) is 41.2 Å². The molecule has 1 saturated heterocycles. The maximum atomic E-state index is 12.0. The number of rotatable bonds is 3. The van der Waals surface area contributed by atoms with E-state index < -0.39 is 0 Å². The maximum absolute atomic E-state index is 12.0. The largest absolute Gasteiger partial charge is 0.317 e. The molecule has 0 radical (unpaired) electrons. The number of nitrogens with zero attached hydrogens (tertiary/aromatic N) is 2. The lowest BCUT2D eigenvalue weighted by atomic mass is 9.97. The summed E-state index contributed by atoms with van der Waals surface area (Å²) in [6.07, 6.45) is 5.76. The van der Waals surface area contributed by atoms with Gasteiger partial charge in [0.05, 0.1) is 0 Å². The van der Waals surface area contributed by atoms with E-state index in [2.05, 4.69) is 20.6 Å². The molecule has 1 amide bonds. The number of piperidine rings is 1. The molecule has 3 heterocycles. The third-order valence-corrected chi connectivity index (χ3v) is 4.46. The van der Waals surface area contributed by atoms with E-state index in [1.165, 1.54) is 4.88 Å². The van der Waals surface area contributed by atoms with Gasteiger partial charge in [-0.25, -0.2) is 4.98 Å². The maximum Gasteiger partial charge on any atom is 0.276 e. The van der Waals surface area contributed by atoms with Crippen LogP contribution < -0.4 is 10.6 Å². The topological polar surface area (TPSA) is 66.9 Å². The number of thiazole rings is 1. The fourth-order valence-electron chi connectivity index (χ4n) is 2.30. The van der Waals surface area contributed by atoms with Gasteiger partial charge in [-0.15, -0.1) is 11.3 Å². The summed E-state index contributed by atoms with van der Waals surface area (Å²) < 4.78 is 0. The van der Waals surface area contributed by atoms with E-state index in [-0.39, 0.29) is 5.91 Å². The fourth-order valence-corrected chi connectivity index (χ4v) is 3.28. The molecule has 20 heavy (non-hydrogen) atoms. The molecule has 104 valence electrons. The summed E-state index contributed by atoms with van der Waals surface area (Å²) >= 11 is 1.56. The van der Waals surface area contributed by atoms with Crippen LogP contribution in [0.4, 0.5) is 5.13 Å². The molecule has 6 heteroatoms.